The number of carboxylic acid groups (broad SMARTS) is 1. The summed E-state index contributed by atoms with van der Waals surface area (Å²) < 4.78 is 0. The molecule has 1 atom stereocenters. The summed E-state index contributed by atoms with van der Waals surface area (Å²) in [6.45, 7) is 7.23. The van der Waals surface area contributed by atoms with Crippen molar-refractivity contribution >= 4 is 5.97 Å². The van der Waals surface area contributed by atoms with Crippen LogP contribution in [0.2, 0.25) is 0 Å². The number of nitrogens with zero attached hydrogens (tertiary/aromatic N) is 1. The normalized spacial score (nSPS) is 26.4. The summed E-state index contributed by atoms with van der Waals surface area (Å²) >= 11 is 0. The van der Waals surface area contributed by atoms with Gasteiger partial charge < -0.3 is 5.11 Å². The van der Waals surface area contributed by atoms with Crippen LogP contribution in [-0.2, 0) is 4.79 Å². The van der Waals surface area contributed by atoms with Crippen molar-refractivity contribution in [1.82, 2.24) is 4.90 Å². The highest BCUT2D eigenvalue weighted by Crippen LogP contribution is 2.32. The van der Waals surface area contributed by atoms with Crippen molar-refractivity contribution < 1.29 is 9.90 Å². The molecule has 0 radical (unpaired) electrons. The van der Waals surface area contributed by atoms with Gasteiger partial charge in [0.25, 0.3) is 0 Å². The van der Waals surface area contributed by atoms with E-state index in [4.69, 9.17) is 0 Å². The molecule has 0 bridgehead atoms. The van der Waals surface area contributed by atoms with Gasteiger partial charge in [-0.3, -0.25) is 9.69 Å². The van der Waals surface area contributed by atoms with Crippen LogP contribution in [0.5, 0.6) is 0 Å². The van der Waals surface area contributed by atoms with Crippen molar-refractivity contribution in [2.45, 2.75) is 77.3 Å². The molecule has 3 nitrogen and oxygen atoms in total. The van der Waals surface area contributed by atoms with Gasteiger partial charge in [-0.2, -0.15) is 0 Å². The largest absolute Gasteiger partial charge is 0.480 e. The van der Waals surface area contributed by atoms with Crippen molar-refractivity contribution in [3.05, 3.63) is 0 Å². The summed E-state index contributed by atoms with van der Waals surface area (Å²) in [5, 5.41) is 9.51. The highest BCUT2D eigenvalue weighted by Gasteiger charge is 2.43. The number of hydrogen-bond donors (Lipinski definition) is 1. The van der Waals surface area contributed by atoms with E-state index in [9.17, 15) is 9.90 Å². The number of carbonyl (C=O) groups is 1. The minimum absolute atomic E-state index is 0.450. The van der Waals surface area contributed by atoms with Crippen molar-refractivity contribution in [1.29, 1.82) is 0 Å². The van der Waals surface area contributed by atoms with Crippen molar-refractivity contribution in [2.24, 2.45) is 0 Å². The number of hydrogen-bond acceptors (Lipinski definition) is 2. The summed E-state index contributed by atoms with van der Waals surface area (Å²) in [5.41, 5.74) is -0.632. The molecule has 1 aliphatic heterocycles. The molecule has 0 aromatic rings. The van der Waals surface area contributed by atoms with E-state index in [2.05, 4.69) is 18.7 Å². The van der Waals surface area contributed by atoms with Crippen LogP contribution in [0.4, 0.5) is 0 Å². The van der Waals surface area contributed by atoms with Gasteiger partial charge in [0.1, 0.15) is 5.54 Å². The third-order valence-corrected chi connectivity index (χ3v) is 4.09. The van der Waals surface area contributed by atoms with E-state index in [1.54, 1.807) is 0 Å². The van der Waals surface area contributed by atoms with Gasteiger partial charge in [-0.15, -0.1) is 0 Å². The standard InChI is InChI=1S/C14H27NO2/c1-4-8-12(9-5-2)15-11-7-6-10-14(15,3)13(16)17/h12H,4-11H2,1-3H3,(H,16,17). The summed E-state index contributed by atoms with van der Waals surface area (Å²) in [6, 6.07) is 0.450. The summed E-state index contributed by atoms with van der Waals surface area (Å²) in [7, 11) is 0. The first-order valence-corrected chi connectivity index (χ1v) is 7.06. The lowest BCUT2D eigenvalue weighted by molar-refractivity contribution is -0.155. The molecule has 1 fully saturated rings. The molecule has 0 aliphatic carbocycles. The quantitative estimate of drug-likeness (QED) is 0.775. The first kappa shape index (κ1) is 14.5. The Balaban J connectivity index is 2.84. The molecule has 0 aromatic heterocycles. The molecule has 17 heavy (non-hydrogen) atoms. The maximum atomic E-state index is 11.6. The van der Waals surface area contributed by atoms with E-state index >= 15 is 0 Å². The van der Waals surface area contributed by atoms with Gasteiger partial charge in [-0.25, -0.2) is 0 Å². The van der Waals surface area contributed by atoms with Crippen molar-refractivity contribution in [3.8, 4) is 0 Å². The van der Waals surface area contributed by atoms with E-state index in [-0.39, 0.29) is 0 Å². The summed E-state index contributed by atoms with van der Waals surface area (Å²) in [6.07, 6.45) is 7.50. The van der Waals surface area contributed by atoms with Crippen LogP contribution < -0.4 is 0 Å². The van der Waals surface area contributed by atoms with Crippen LogP contribution in [0.15, 0.2) is 0 Å². The second-order valence-electron chi connectivity index (χ2n) is 5.46. The van der Waals surface area contributed by atoms with Crippen molar-refractivity contribution in [2.75, 3.05) is 6.54 Å². The van der Waals surface area contributed by atoms with E-state index in [0.29, 0.717) is 6.04 Å². The van der Waals surface area contributed by atoms with Gasteiger partial charge in [0.15, 0.2) is 0 Å². The lowest BCUT2D eigenvalue weighted by Gasteiger charge is -2.46. The fourth-order valence-corrected chi connectivity index (χ4v) is 3.08. The minimum Gasteiger partial charge on any atom is -0.480 e. The molecular weight excluding hydrogens is 214 g/mol. The fraction of sp³-hybridized carbons (Fsp3) is 0.929. The molecule has 0 spiro atoms. The Morgan fingerprint density at radius 2 is 1.88 bits per heavy atom. The molecule has 1 unspecified atom stereocenters. The Bertz CT molecular complexity index is 249. The van der Waals surface area contributed by atoms with Crippen LogP contribution in [0.3, 0.4) is 0 Å². The first-order chi connectivity index (χ1) is 8.06. The first-order valence-electron chi connectivity index (χ1n) is 7.06. The zero-order chi connectivity index (χ0) is 12.9. The Hall–Kier alpha value is -0.570. The summed E-state index contributed by atoms with van der Waals surface area (Å²) in [5.74, 6) is -0.644. The molecule has 0 amide bonds. The predicted octanol–water partition coefficient (Wildman–Crippen LogP) is 3.28. The van der Waals surface area contributed by atoms with Crippen LogP contribution in [-0.4, -0.2) is 34.1 Å². The number of carboxylic acids is 1. The van der Waals surface area contributed by atoms with Gasteiger partial charge in [-0.1, -0.05) is 26.7 Å². The van der Waals surface area contributed by atoms with Crippen LogP contribution in [0.1, 0.15) is 65.7 Å². The maximum Gasteiger partial charge on any atom is 0.323 e. The molecular formula is C14H27NO2. The molecule has 0 saturated carbocycles. The SMILES string of the molecule is CCCC(CCC)N1CCCCC1(C)C(=O)O. The third kappa shape index (κ3) is 3.21. The molecule has 1 aliphatic rings. The molecule has 1 heterocycles. The van der Waals surface area contributed by atoms with E-state index in [1.165, 1.54) is 0 Å². The lowest BCUT2D eigenvalue weighted by Crippen LogP contribution is -2.58. The van der Waals surface area contributed by atoms with Gasteiger partial charge in [0, 0.05) is 6.04 Å². The Morgan fingerprint density at radius 3 is 2.35 bits per heavy atom. The predicted molar refractivity (Wildman–Crippen MR) is 70.2 cm³/mol. The lowest BCUT2D eigenvalue weighted by atomic mass is 9.85. The molecule has 1 N–H and O–H groups in total. The second-order valence-corrected chi connectivity index (χ2v) is 5.46. The smallest absolute Gasteiger partial charge is 0.323 e. The summed E-state index contributed by atoms with van der Waals surface area (Å²) in [4.78, 5) is 13.8. The molecule has 1 rings (SSSR count). The average Bonchev–Trinajstić information content (AvgIpc) is 2.29. The van der Waals surface area contributed by atoms with E-state index in [1.807, 2.05) is 6.92 Å². The maximum absolute atomic E-state index is 11.6. The highest BCUT2D eigenvalue weighted by atomic mass is 16.4. The second kappa shape index (κ2) is 6.39. The zero-order valence-corrected chi connectivity index (χ0v) is 11.5. The highest BCUT2D eigenvalue weighted by molar-refractivity contribution is 5.78. The average molecular weight is 241 g/mol. The number of rotatable bonds is 6. The number of aliphatic carboxylic acids is 1. The van der Waals surface area contributed by atoms with Crippen molar-refractivity contribution in [3.63, 3.8) is 0 Å². The Labute approximate surface area is 105 Å². The molecule has 1 saturated heterocycles. The Kier molecular flexibility index (Phi) is 5.44. The van der Waals surface area contributed by atoms with Gasteiger partial charge in [0.2, 0.25) is 0 Å². The van der Waals surface area contributed by atoms with E-state index < -0.39 is 11.5 Å². The van der Waals surface area contributed by atoms with Gasteiger partial charge in [0.05, 0.1) is 0 Å². The minimum atomic E-state index is -0.644. The third-order valence-electron chi connectivity index (χ3n) is 4.09. The Morgan fingerprint density at radius 1 is 1.29 bits per heavy atom. The van der Waals surface area contributed by atoms with Crippen LogP contribution >= 0.6 is 0 Å². The van der Waals surface area contributed by atoms with E-state index in [0.717, 1.165) is 51.5 Å². The molecule has 100 valence electrons. The molecule has 0 aromatic carbocycles. The van der Waals surface area contributed by atoms with Gasteiger partial charge >= 0.3 is 5.97 Å². The van der Waals surface area contributed by atoms with Crippen LogP contribution in [0.25, 0.3) is 0 Å². The number of likely N-dealkylation sites (tertiary alicyclic amines) is 1. The van der Waals surface area contributed by atoms with Crippen LogP contribution in [0, 0.1) is 0 Å². The topological polar surface area (TPSA) is 40.5 Å². The molecule has 3 heteroatoms. The fourth-order valence-electron chi connectivity index (χ4n) is 3.08. The van der Waals surface area contributed by atoms with Gasteiger partial charge in [-0.05, 0) is 45.6 Å². The zero-order valence-electron chi connectivity index (χ0n) is 11.5. The monoisotopic (exact) mass is 241 g/mol. The number of piperidine rings is 1.